The highest BCUT2D eigenvalue weighted by atomic mass is 19.1. The molecule has 0 unspecified atom stereocenters. The van der Waals surface area contributed by atoms with Crippen LogP contribution in [0.5, 0.6) is 0 Å². The third-order valence-electron chi connectivity index (χ3n) is 1.86. The zero-order valence-electron chi connectivity index (χ0n) is 7.55. The van der Waals surface area contributed by atoms with Crippen molar-refractivity contribution in [3.63, 3.8) is 0 Å². The lowest BCUT2D eigenvalue weighted by atomic mass is 10.1. The Morgan fingerprint density at radius 2 is 2.17 bits per heavy atom. The predicted molar refractivity (Wildman–Crippen MR) is 48.0 cm³/mol. The van der Waals surface area contributed by atoms with Crippen molar-refractivity contribution in [3.05, 3.63) is 29.6 Å². The normalized spacial score (nSPS) is 10.7. The third kappa shape index (κ3) is 2.29. The smallest absolute Gasteiger partial charge is 0.0949 e. The van der Waals surface area contributed by atoms with E-state index in [0.717, 1.165) is 5.69 Å². The molecule has 1 aromatic heterocycles. The fourth-order valence-electron chi connectivity index (χ4n) is 1.02. The van der Waals surface area contributed by atoms with Gasteiger partial charge < -0.3 is 0 Å². The van der Waals surface area contributed by atoms with Crippen molar-refractivity contribution in [3.8, 4) is 0 Å². The van der Waals surface area contributed by atoms with E-state index in [4.69, 9.17) is 0 Å². The first-order valence-electron chi connectivity index (χ1n) is 4.25. The van der Waals surface area contributed by atoms with Crippen molar-refractivity contribution in [2.24, 2.45) is 0 Å². The van der Waals surface area contributed by atoms with Crippen molar-refractivity contribution in [1.82, 2.24) is 4.98 Å². The number of alkyl halides is 1. The molecule has 0 aliphatic rings. The largest absolute Gasteiger partial charge is 0.261 e. The molecule has 1 nitrogen and oxygen atoms in total. The fraction of sp³-hybridized carbons (Fsp3) is 0.500. The summed E-state index contributed by atoms with van der Waals surface area (Å²) in [6.45, 7) is 3.91. The summed E-state index contributed by atoms with van der Waals surface area (Å²) < 4.78 is 11.9. The lowest BCUT2D eigenvalue weighted by Crippen LogP contribution is -1.94. The van der Waals surface area contributed by atoms with Crippen LogP contribution in [0.25, 0.3) is 0 Å². The van der Waals surface area contributed by atoms with E-state index in [9.17, 15) is 4.39 Å². The second-order valence-electron chi connectivity index (χ2n) is 3.18. The van der Waals surface area contributed by atoms with Crippen LogP contribution in [0.1, 0.15) is 31.0 Å². The molecule has 0 N–H and O–H groups in total. The van der Waals surface area contributed by atoms with Gasteiger partial charge in [0.25, 0.3) is 0 Å². The summed E-state index contributed by atoms with van der Waals surface area (Å²) in [6, 6.07) is 3.91. The van der Waals surface area contributed by atoms with Gasteiger partial charge >= 0.3 is 0 Å². The van der Waals surface area contributed by atoms with Gasteiger partial charge in [-0.05, 0) is 17.5 Å². The van der Waals surface area contributed by atoms with Crippen LogP contribution in [0.3, 0.4) is 0 Å². The Labute approximate surface area is 72.6 Å². The summed E-state index contributed by atoms with van der Waals surface area (Å²) >= 11 is 0. The van der Waals surface area contributed by atoms with E-state index >= 15 is 0 Å². The molecule has 1 aromatic rings. The van der Waals surface area contributed by atoms with Crippen molar-refractivity contribution >= 4 is 0 Å². The molecule has 0 spiro atoms. The van der Waals surface area contributed by atoms with Crippen LogP contribution in [0.4, 0.5) is 4.39 Å². The third-order valence-corrected chi connectivity index (χ3v) is 1.86. The second kappa shape index (κ2) is 4.19. The molecule has 2 heteroatoms. The molecule has 1 rings (SSSR count). The standard InChI is InChI=1S/C10H14FN/c1-8(2)9-3-4-10(5-6-11)12-7-9/h3-4,7-8H,5-6H2,1-2H3. The second-order valence-corrected chi connectivity index (χ2v) is 3.18. The Morgan fingerprint density at radius 3 is 2.58 bits per heavy atom. The molecule has 0 bridgehead atoms. The first-order valence-corrected chi connectivity index (χ1v) is 4.25. The van der Waals surface area contributed by atoms with Crippen molar-refractivity contribution < 1.29 is 4.39 Å². The van der Waals surface area contributed by atoms with Crippen LogP contribution in [0, 0.1) is 0 Å². The van der Waals surface area contributed by atoms with Crippen LogP contribution >= 0.6 is 0 Å². The Kier molecular flexibility index (Phi) is 3.20. The van der Waals surface area contributed by atoms with Crippen molar-refractivity contribution in [2.75, 3.05) is 6.67 Å². The molecule has 0 amide bonds. The van der Waals surface area contributed by atoms with Crippen molar-refractivity contribution in [2.45, 2.75) is 26.2 Å². The van der Waals surface area contributed by atoms with E-state index in [-0.39, 0.29) is 6.67 Å². The Bertz CT molecular complexity index is 228. The summed E-state index contributed by atoms with van der Waals surface area (Å²) in [5.74, 6) is 0.497. The fourth-order valence-corrected chi connectivity index (χ4v) is 1.02. The molecule has 0 aliphatic carbocycles. The van der Waals surface area contributed by atoms with Gasteiger partial charge in [0.05, 0.1) is 6.67 Å². The number of pyridine rings is 1. The lowest BCUT2D eigenvalue weighted by molar-refractivity contribution is 0.492. The van der Waals surface area contributed by atoms with E-state index in [1.54, 1.807) is 0 Å². The van der Waals surface area contributed by atoms with Gasteiger partial charge in [-0.3, -0.25) is 9.37 Å². The van der Waals surface area contributed by atoms with Gasteiger partial charge in [-0.25, -0.2) is 0 Å². The topological polar surface area (TPSA) is 12.9 Å². The quantitative estimate of drug-likeness (QED) is 0.674. The molecule has 1 heterocycles. The van der Waals surface area contributed by atoms with E-state index in [0.29, 0.717) is 12.3 Å². The Morgan fingerprint density at radius 1 is 1.42 bits per heavy atom. The maximum atomic E-state index is 11.9. The predicted octanol–water partition coefficient (Wildman–Crippen LogP) is 2.72. The number of rotatable bonds is 3. The molecule has 0 saturated carbocycles. The van der Waals surface area contributed by atoms with Crippen LogP contribution < -0.4 is 0 Å². The average molecular weight is 167 g/mol. The summed E-state index contributed by atoms with van der Waals surface area (Å²) in [4.78, 5) is 4.15. The summed E-state index contributed by atoms with van der Waals surface area (Å²) in [7, 11) is 0. The SMILES string of the molecule is CC(C)c1ccc(CCF)nc1. The van der Waals surface area contributed by atoms with Crippen LogP contribution in [-0.4, -0.2) is 11.7 Å². The minimum atomic E-state index is -0.325. The van der Waals surface area contributed by atoms with Gasteiger partial charge in [-0.2, -0.15) is 0 Å². The van der Waals surface area contributed by atoms with Crippen LogP contribution in [0.2, 0.25) is 0 Å². The van der Waals surface area contributed by atoms with Gasteiger partial charge in [-0.1, -0.05) is 19.9 Å². The van der Waals surface area contributed by atoms with E-state index in [2.05, 4.69) is 18.8 Å². The van der Waals surface area contributed by atoms with Gasteiger partial charge in [0, 0.05) is 18.3 Å². The van der Waals surface area contributed by atoms with Gasteiger partial charge in [0.1, 0.15) is 0 Å². The minimum absolute atomic E-state index is 0.325. The number of nitrogens with zero attached hydrogens (tertiary/aromatic N) is 1. The molecule has 66 valence electrons. The number of halogens is 1. The van der Waals surface area contributed by atoms with E-state index in [1.807, 2.05) is 18.3 Å². The molecular weight excluding hydrogens is 153 g/mol. The highest BCUT2D eigenvalue weighted by Crippen LogP contribution is 2.12. The first-order chi connectivity index (χ1) is 5.74. The van der Waals surface area contributed by atoms with Crippen LogP contribution in [-0.2, 0) is 6.42 Å². The molecule has 0 aliphatic heterocycles. The zero-order chi connectivity index (χ0) is 8.97. The van der Waals surface area contributed by atoms with Gasteiger partial charge in [0.2, 0.25) is 0 Å². The molecule has 12 heavy (non-hydrogen) atoms. The zero-order valence-corrected chi connectivity index (χ0v) is 7.55. The summed E-state index contributed by atoms with van der Waals surface area (Å²) in [5.41, 5.74) is 2.04. The molecular formula is C10H14FN. The summed E-state index contributed by atoms with van der Waals surface area (Å²) in [5, 5.41) is 0. The van der Waals surface area contributed by atoms with Crippen molar-refractivity contribution in [1.29, 1.82) is 0 Å². The highest BCUT2D eigenvalue weighted by molar-refractivity contribution is 5.17. The monoisotopic (exact) mass is 167 g/mol. The Balaban J connectivity index is 2.71. The maximum absolute atomic E-state index is 11.9. The van der Waals surface area contributed by atoms with E-state index < -0.39 is 0 Å². The molecule has 0 radical (unpaired) electrons. The van der Waals surface area contributed by atoms with Crippen LogP contribution in [0.15, 0.2) is 18.3 Å². The van der Waals surface area contributed by atoms with Gasteiger partial charge in [-0.15, -0.1) is 0 Å². The molecule has 0 atom stereocenters. The number of aryl methyl sites for hydroxylation is 1. The molecule has 0 aromatic carbocycles. The number of hydrogen-bond acceptors (Lipinski definition) is 1. The lowest BCUT2D eigenvalue weighted by Gasteiger charge is -2.04. The number of aromatic nitrogens is 1. The molecule has 0 saturated heterocycles. The number of hydrogen-bond donors (Lipinski definition) is 0. The minimum Gasteiger partial charge on any atom is -0.261 e. The summed E-state index contributed by atoms with van der Waals surface area (Å²) in [6.07, 6.45) is 2.26. The molecule has 0 fully saturated rings. The van der Waals surface area contributed by atoms with E-state index in [1.165, 1.54) is 5.56 Å². The first kappa shape index (κ1) is 9.17. The highest BCUT2D eigenvalue weighted by Gasteiger charge is 1.99. The van der Waals surface area contributed by atoms with Gasteiger partial charge in [0.15, 0.2) is 0 Å². The maximum Gasteiger partial charge on any atom is 0.0949 e. The average Bonchev–Trinajstić information content (AvgIpc) is 2.06. The Hall–Kier alpha value is -0.920.